The van der Waals surface area contributed by atoms with E-state index in [1.807, 2.05) is 75.4 Å². The second-order valence-electron chi connectivity index (χ2n) is 18.8. The molecule has 16 nitrogen and oxygen atoms in total. The molecule has 16 heteroatoms. The Morgan fingerprint density at radius 1 is 0.765 bits per heavy atom. The molecule has 1 amide bonds. The van der Waals surface area contributed by atoms with Crippen molar-refractivity contribution in [1.82, 2.24) is 10.3 Å². The van der Waals surface area contributed by atoms with Crippen LogP contribution in [0.4, 0.5) is 11.4 Å². The van der Waals surface area contributed by atoms with Crippen molar-refractivity contribution in [2.75, 3.05) is 17.2 Å². The maximum absolute atomic E-state index is 13.2. The first-order valence-corrected chi connectivity index (χ1v) is 23.1. The highest BCUT2D eigenvalue weighted by atomic mass is 16.5. The molecule has 3 aliphatic rings. The number of ketones is 3. The van der Waals surface area contributed by atoms with Crippen molar-refractivity contribution in [1.29, 1.82) is 0 Å². The van der Waals surface area contributed by atoms with E-state index in [0.29, 0.717) is 17.3 Å². The first-order chi connectivity index (χ1) is 32.1. The molecule has 0 saturated heterocycles. The summed E-state index contributed by atoms with van der Waals surface area (Å²) < 4.78 is 14.1. The van der Waals surface area contributed by atoms with Crippen LogP contribution in [0.5, 0.6) is 0 Å². The second-order valence-corrected chi connectivity index (χ2v) is 18.8. The summed E-state index contributed by atoms with van der Waals surface area (Å²) in [6.07, 6.45) is 15.2. The van der Waals surface area contributed by atoms with Gasteiger partial charge < -0.3 is 34.5 Å². The van der Waals surface area contributed by atoms with Gasteiger partial charge in [0.2, 0.25) is 5.78 Å². The van der Waals surface area contributed by atoms with Crippen molar-refractivity contribution < 1.29 is 57.6 Å². The summed E-state index contributed by atoms with van der Waals surface area (Å²) in [7, 11) is 0. The summed E-state index contributed by atoms with van der Waals surface area (Å²) in [5.74, 6) is -3.27. The third-order valence-corrected chi connectivity index (χ3v) is 11.3. The van der Waals surface area contributed by atoms with Crippen molar-refractivity contribution in [2.24, 2.45) is 22.7 Å². The maximum Gasteiger partial charge on any atom is 0.375 e. The van der Waals surface area contributed by atoms with E-state index in [4.69, 9.17) is 24.7 Å². The number of carboxylic acid groups (broad SMARTS) is 1. The summed E-state index contributed by atoms with van der Waals surface area (Å²) in [6.45, 7) is 13.4. The molecular formula is C52H68N4O12. The number of nitrogens with two attached hydrogens (primary N) is 1. The number of hydrogen-bond donors (Lipinski definition) is 3. The van der Waals surface area contributed by atoms with Crippen molar-refractivity contribution in [3.8, 4) is 22.5 Å². The molecule has 4 aromatic rings. The number of benzene rings is 2. The van der Waals surface area contributed by atoms with Crippen molar-refractivity contribution in [3.05, 3.63) is 84.5 Å². The lowest BCUT2D eigenvalue weighted by Crippen LogP contribution is -2.44. The van der Waals surface area contributed by atoms with Crippen LogP contribution >= 0.6 is 0 Å². The quantitative estimate of drug-likeness (QED) is 0.0440. The number of hydrogen-bond acceptors (Lipinski definition) is 14. The molecule has 2 aromatic heterocycles. The molecular weight excluding hydrogens is 873 g/mol. The summed E-state index contributed by atoms with van der Waals surface area (Å²) in [6, 6.07) is 18.1. The van der Waals surface area contributed by atoms with Crippen LogP contribution in [0.25, 0.3) is 22.5 Å². The van der Waals surface area contributed by atoms with Crippen molar-refractivity contribution in [2.45, 2.75) is 132 Å². The van der Waals surface area contributed by atoms with E-state index < -0.39 is 46.3 Å². The molecule has 1 atom stereocenters. The van der Waals surface area contributed by atoms with E-state index in [1.54, 1.807) is 44.9 Å². The van der Waals surface area contributed by atoms with Crippen LogP contribution in [0.1, 0.15) is 126 Å². The van der Waals surface area contributed by atoms with E-state index in [0.717, 1.165) is 74.2 Å². The highest BCUT2D eigenvalue weighted by molar-refractivity contribution is 6.37. The Bertz CT molecular complexity index is 2270. The predicted octanol–water partition coefficient (Wildman–Crippen LogP) is 9.97. The lowest BCUT2D eigenvalue weighted by atomic mass is 9.76. The first-order valence-electron chi connectivity index (χ1n) is 23.1. The number of aliphatic hydroxyl groups excluding tert-OH is 1. The average molecular weight is 941 g/mol. The molecule has 3 heterocycles. The van der Waals surface area contributed by atoms with Crippen LogP contribution in [-0.2, 0) is 38.3 Å². The number of rotatable bonds is 10. The van der Waals surface area contributed by atoms with Gasteiger partial charge >= 0.3 is 5.97 Å². The monoisotopic (exact) mass is 940 g/mol. The number of Topliss-reactive ketones (excluding diaryl/α,β-unsaturated/α-hetero) is 3. The van der Waals surface area contributed by atoms with Crippen LogP contribution in [0.2, 0.25) is 0 Å². The minimum atomic E-state index is -0.926. The number of aliphatic hydroxyl groups is 1. The van der Waals surface area contributed by atoms with Crippen molar-refractivity contribution in [3.63, 3.8) is 0 Å². The van der Waals surface area contributed by atoms with Gasteiger partial charge in [-0.15, -0.1) is 0 Å². The third kappa shape index (κ3) is 17.2. The molecule has 2 fully saturated rings. The standard InChI is InChI=1S/C24H28N2O4.C10H16O4.C9H8N2O.C7H12O.C2H4O2/c1-24(2,3)22(28)19-20(16-7-5-4-6-8-16)26(23(29)21(19)27)17-11-9-15(10-12-17)18-13-14-30-25-18;1-5-14-9(13)7(11)6-8(12)10(2,3)4;10-8-3-1-7(2-4-8)9-5-6-12-11-9;8-6-7-4-2-1-3-5-7;1-2(3)4/h9-14,16,20,27H,4-8H2,1-3H3;5-6H2,1-4H3;1-6H,10H2;6-7H,1-5H2;1H3,(H,3,4). The molecule has 68 heavy (non-hydrogen) atoms. The Balaban J connectivity index is 0.000000266. The van der Waals surface area contributed by atoms with Crippen molar-refractivity contribution >= 4 is 52.9 Å². The Labute approximate surface area is 398 Å². The Morgan fingerprint density at radius 3 is 1.63 bits per heavy atom. The van der Waals surface area contributed by atoms with Crippen LogP contribution < -0.4 is 10.6 Å². The molecule has 1 aliphatic heterocycles. The number of ether oxygens (including phenoxy) is 1. The van der Waals surface area contributed by atoms with Gasteiger partial charge in [-0.1, -0.05) is 115 Å². The molecule has 2 aliphatic carbocycles. The fourth-order valence-electron chi connectivity index (χ4n) is 7.58. The van der Waals surface area contributed by atoms with Gasteiger partial charge in [0.25, 0.3) is 11.9 Å². The lowest BCUT2D eigenvalue weighted by Gasteiger charge is -2.36. The smallest absolute Gasteiger partial charge is 0.375 e. The zero-order chi connectivity index (χ0) is 50.6. The van der Waals surface area contributed by atoms with E-state index in [9.17, 15) is 33.9 Å². The number of carbonyl (C=O) groups excluding carboxylic acids is 6. The van der Waals surface area contributed by atoms with Crippen LogP contribution in [0.3, 0.4) is 0 Å². The maximum atomic E-state index is 13.2. The number of carbonyl (C=O) groups is 7. The molecule has 0 radical (unpaired) electrons. The highest BCUT2D eigenvalue weighted by Gasteiger charge is 2.49. The first kappa shape index (κ1) is 55.6. The van der Waals surface area contributed by atoms with Gasteiger partial charge in [0.15, 0.2) is 11.5 Å². The average Bonchev–Trinajstić information content (AvgIpc) is 4.10. The molecule has 368 valence electrons. The number of nitrogens with zero attached hydrogens (tertiary/aromatic N) is 3. The molecule has 7 rings (SSSR count). The van der Waals surface area contributed by atoms with E-state index in [2.05, 4.69) is 15.1 Å². The van der Waals surface area contributed by atoms with Gasteiger partial charge in [0.1, 0.15) is 36.0 Å². The van der Waals surface area contributed by atoms with Gasteiger partial charge in [-0.05, 0) is 62.8 Å². The van der Waals surface area contributed by atoms with Gasteiger partial charge in [-0.2, -0.15) is 0 Å². The summed E-state index contributed by atoms with van der Waals surface area (Å²) >= 11 is 0. The SMILES string of the molecule is CC(=O)O.CC(C)(C)C(=O)C1=C(O)C(=O)N(c2ccc(-c3ccon3)cc2)C1C1CCCCC1.CCOC(=O)C(=O)CC(=O)C(C)(C)C.Nc1ccc(-c2ccon2)cc1.O=CC1CCCCC1. The van der Waals surface area contributed by atoms with Crippen LogP contribution in [0, 0.1) is 22.7 Å². The summed E-state index contributed by atoms with van der Waals surface area (Å²) in [5, 5.41) is 25.9. The Morgan fingerprint density at radius 2 is 1.24 bits per heavy atom. The summed E-state index contributed by atoms with van der Waals surface area (Å²) in [5.41, 5.74) is 9.39. The van der Waals surface area contributed by atoms with Crippen LogP contribution in [-0.4, -0.2) is 74.7 Å². The lowest BCUT2D eigenvalue weighted by molar-refractivity contribution is -0.154. The normalized spacial score (nSPS) is 16.3. The van der Waals surface area contributed by atoms with Crippen LogP contribution in [0.15, 0.2) is 93.6 Å². The number of esters is 1. The van der Waals surface area contributed by atoms with Gasteiger partial charge in [-0.3, -0.25) is 28.9 Å². The number of nitrogen functional groups attached to an aromatic ring is 1. The molecule has 0 bridgehead atoms. The van der Waals surface area contributed by atoms with Gasteiger partial charge in [-0.25, -0.2) is 4.79 Å². The van der Waals surface area contributed by atoms with Gasteiger partial charge in [0.05, 0.1) is 24.6 Å². The molecule has 2 saturated carbocycles. The third-order valence-electron chi connectivity index (χ3n) is 11.3. The molecule has 1 unspecified atom stereocenters. The second kappa shape index (κ2) is 26.6. The fourth-order valence-corrected chi connectivity index (χ4v) is 7.58. The minimum Gasteiger partial charge on any atom is -0.503 e. The van der Waals surface area contributed by atoms with E-state index in [-0.39, 0.29) is 36.1 Å². The fraction of sp³-hybridized carbons (Fsp3) is 0.481. The summed E-state index contributed by atoms with van der Waals surface area (Å²) in [4.78, 5) is 80.5. The predicted molar refractivity (Wildman–Crippen MR) is 257 cm³/mol. The number of carboxylic acids is 1. The minimum absolute atomic E-state index is 0.147. The molecule has 4 N–H and O–H groups in total. The topological polar surface area (TPSA) is 250 Å². The highest BCUT2D eigenvalue weighted by Crippen LogP contribution is 2.42. The number of aldehydes is 1. The number of aromatic nitrogens is 2. The Kier molecular flexibility index (Phi) is 21.7. The van der Waals surface area contributed by atoms with Gasteiger partial charge in [0, 0.05) is 58.3 Å². The number of anilines is 2. The Hall–Kier alpha value is -6.71. The molecule has 0 spiro atoms. The van der Waals surface area contributed by atoms with E-state index >= 15 is 0 Å². The van der Waals surface area contributed by atoms with E-state index in [1.165, 1.54) is 31.9 Å². The number of aliphatic carboxylic acids is 1. The number of amides is 1. The molecule has 2 aromatic carbocycles. The largest absolute Gasteiger partial charge is 0.503 e. The zero-order valence-corrected chi connectivity index (χ0v) is 40.6. The zero-order valence-electron chi connectivity index (χ0n) is 40.6.